The molecule has 3 amide bonds. The van der Waals surface area contributed by atoms with Gasteiger partial charge in [0.05, 0.1) is 12.5 Å². The van der Waals surface area contributed by atoms with E-state index >= 15 is 0 Å². The van der Waals surface area contributed by atoms with E-state index in [0.29, 0.717) is 0 Å². The van der Waals surface area contributed by atoms with E-state index in [9.17, 15) is 24.0 Å². The van der Waals surface area contributed by atoms with Crippen molar-refractivity contribution in [3.8, 4) is 0 Å². The van der Waals surface area contributed by atoms with Crippen molar-refractivity contribution in [3.05, 3.63) is 0 Å². The fourth-order valence-corrected chi connectivity index (χ4v) is 2.44. The van der Waals surface area contributed by atoms with E-state index in [1.807, 2.05) is 0 Å². The van der Waals surface area contributed by atoms with Crippen LogP contribution in [0.2, 0.25) is 0 Å². The Morgan fingerprint density at radius 2 is 1.45 bits per heavy atom. The van der Waals surface area contributed by atoms with E-state index in [4.69, 9.17) is 27.4 Å². The van der Waals surface area contributed by atoms with Crippen LogP contribution in [0.15, 0.2) is 4.99 Å². The van der Waals surface area contributed by atoms with Crippen LogP contribution in [0.3, 0.4) is 0 Å². The van der Waals surface area contributed by atoms with Gasteiger partial charge in [-0.1, -0.05) is 0 Å². The van der Waals surface area contributed by atoms with Crippen LogP contribution >= 0.6 is 12.6 Å². The van der Waals surface area contributed by atoms with E-state index in [0.717, 1.165) is 0 Å². The topological polar surface area (TPSA) is 252 Å². The lowest BCUT2D eigenvalue weighted by Gasteiger charge is -2.24. The third kappa shape index (κ3) is 11.6. The van der Waals surface area contributed by atoms with Crippen LogP contribution < -0.4 is 33.2 Å². The number of aliphatic imine (C=N–C) groups is 1. The number of guanidine groups is 1. The van der Waals surface area contributed by atoms with Crippen molar-refractivity contribution in [1.29, 1.82) is 0 Å². The molecule has 0 aromatic rings. The molecule has 0 bridgehead atoms. The van der Waals surface area contributed by atoms with Crippen molar-refractivity contribution < 1.29 is 34.2 Å². The summed E-state index contributed by atoms with van der Waals surface area (Å²) in [7, 11) is 0. The summed E-state index contributed by atoms with van der Waals surface area (Å²) in [6.45, 7) is 1.55. The number of carbonyl (C=O) groups is 5. The molecule has 4 unspecified atom stereocenters. The number of carbonyl (C=O) groups excluding carboxylic acids is 3. The largest absolute Gasteiger partial charge is 0.481 e. The molecule has 176 valence electrons. The third-order valence-corrected chi connectivity index (χ3v) is 4.17. The molecular weight excluding hydrogens is 434 g/mol. The minimum atomic E-state index is -1.60. The Kier molecular flexibility index (Phi) is 12.6. The Bertz CT molecular complexity index is 698. The molecule has 0 aliphatic carbocycles. The van der Waals surface area contributed by atoms with Crippen molar-refractivity contribution in [2.75, 3.05) is 12.3 Å². The molecule has 0 spiro atoms. The third-order valence-electron chi connectivity index (χ3n) is 3.80. The number of rotatable bonds is 14. The van der Waals surface area contributed by atoms with Gasteiger partial charge in [0, 0.05) is 12.3 Å². The summed E-state index contributed by atoms with van der Waals surface area (Å²) in [6, 6.07) is -5.09. The number of carboxylic acids is 2. The van der Waals surface area contributed by atoms with Crippen LogP contribution in [0.25, 0.3) is 0 Å². The summed E-state index contributed by atoms with van der Waals surface area (Å²) in [5.74, 6) is -5.76. The number of hydrogen-bond donors (Lipinski definition) is 9. The molecule has 0 aliphatic rings. The molecule has 0 aromatic heterocycles. The first-order valence-corrected chi connectivity index (χ1v) is 9.79. The first kappa shape index (κ1) is 27.9. The van der Waals surface area contributed by atoms with E-state index in [1.54, 1.807) is 0 Å². The molecule has 15 heteroatoms. The molecule has 0 rings (SSSR count). The monoisotopic (exact) mass is 463 g/mol. The second kappa shape index (κ2) is 14.0. The SMILES string of the molecule is CC(N)C(=O)NC(CCCN=C(N)N)C(=O)NC(CC(=O)O)C(=O)NC(CS)C(=O)O. The molecular formula is C16H29N7O7S. The van der Waals surface area contributed by atoms with Gasteiger partial charge in [-0.3, -0.25) is 24.2 Å². The summed E-state index contributed by atoms with van der Waals surface area (Å²) in [5, 5.41) is 24.8. The average Bonchev–Trinajstić information content (AvgIpc) is 2.66. The van der Waals surface area contributed by atoms with Crippen molar-refractivity contribution in [2.24, 2.45) is 22.2 Å². The first-order valence-electron chi connectivity index (χ1n) is 9.16. The molecule has 31 heavy (non-hydrogen) atoms. The second-order valence-corrected chi connectivity index (χ2v) is 6.90. The number of nitrogens with two attached hydrogens (primary N) is 3. The molecule has 0 saturated carbocycles. The highest BCUT2D eigenvalue weighted by atomic mass is 32.1. The van der Waals surface area contributed by atoms with Gasteiger partial charge in [-0.05, 0) is 19.8 Å². The molecule has 0 aromatic carbocycles. The summed E-state index contributed by atoms with van der Waals surface area (Å²) in [4.78, 5) is 62.9. The molecule has 11 N–H and O–H groups in total. The number of nitrogens with one attached hydrogen (secondary N) is 3. The highest BCUT2D eigenvalue weighted by Crippen LogP contribution is 2.03. The fraction of sp³-hybridized carbons (Fsp3) is 0.625. The van der Waals surface area contributed by atoms with Crippen LogP contribution in [0.4, 0.5) is 0 Å². The van der Waals surface area contributed by atoms with E-state index in [-0.39, 0.29) is 31.1 Å². The minimum absolute atomic E-state index is 0.0525. The summed E-state index contributed by atoms with van der Waals surface area (Å²) >= 11 is 3.80. The number of thiol groups is 1. The van der Waals surface area contributed by atoms with Gasteiger partial charge in [-0.15, -0.1) is 0 Å². The van der Waals surface area contributed by atoms with Gasteiger partial charge < -0.3 is 43.4 Å². The molecule has 4 atom stereocenters. The van der Waals surface area contributed by atoms with E-state index < -0.39 is 60.2 Å². The molecule has 0 heterocycles. The van der Waals surface area contributed by atoms with Gasteiger partial charge in [0.2, 0.25) is 17.7 Å². The van der Waals surface area contributed by atoms with Crippen molar-refractivity contribution >= 4 is 48.2 Å². The highest BCUT2D eigenvalue weighted by molar-refractivity contribution is 7.80. The minimum Gasteiger partial charge on any atom is -0.481 e. The Balaban J connectivity index is 5.40. The normalized spacial score (nSPS) is 14.3. The Morgan fingerprint density at radius 3 is 1.90 bits per heavy atom. The van der Waals surface area contributed by atoms with Gasteiger partial charge in [0.15, 0.2) is 5.96 Å². The summed E-state index contributed by atoms with van der Waals surface area (Å²) < 4.78 is 0. The summed E-state index contributed by atoms with van der Waals surface area (Å²) in [6.07, 6.45) is -0.499. The van der Waals surface area contributed by atoms with Crippen LogP contribution in [-0.2, 0) is 24.0 Å². The maximum Gasteiger partial charge on any atom is 0.327 e. The Labute approximate surface area is 183 Å². The molecule has 0 saturated heterocycles. The number of hydrogen-bond acceptors (Lipinski definition) is 8. The zero-order valence-electron chi connectivity index (χ0n) is 16.9. The quantitative estimate of drug-likeness (QED) is 0.0528. The highest BCUT2D eigenvalue weighted by Gasteiger charge is 2.30. The Hall–Kier alpha value is -3.07. The average molecular weight is 464 g/mol. The van der Waals surface area contributed by atoms with Crippen LogP contribution in [0, 0.1) is 0 Å². The first-order chi connectivity index (χ1) is 14.4. The van der Waals surface area contributed by atoms with Crippen molar-refractivity contribution in [1.82, 2.24) is 16.0 Å². The standard InChI is InChI=1S/C16H29N7O7S/c1-7(17)12(26)21-8(3-2-4-20-16(18)19)13(27)22-9(5-11(24)25)14(28)23-10(6-31)15(29)30/h7-10,31H,2-6,17H2,1H3,(H,21,26)(H,22,27)(H,23,28)(H,24,25)(H,29,30)(H4,18,19,20). The zero-order chi connectivity index (χ0) is 24.1. The number of aliphatic carboxylic acids is 2. The van der Waals surface area contributed by atoms with Crippen LogP contribution in [0.1, 0.15) is 26.2 Å². The zero-order valence-corrected chi connectivity index (χ0v) is 17.8. The second-order valence-electron chi connectivity index (χ2n) is 6.54. The smallest absolute Gasteiger partial charge is 0.327 e. The van der Waals surface area contributed by atoms with Gasteiger partial charge in [0.25, 0.3) is 0 Å². The number of nitrogens with zero attached hydrogens (tertiary/aromatic N) is 1. The van der Waals surface area contributed by atoms with Crippen molar-refractivity contribution in [3.63, 3.8) is 0 Å². The van der Waals surface area contributed by atoms with Crippen LogP contribution in [-0.4, -0.2) is 82.3 Å². The van der Waals surface area contributed by atoms with Gasteiger partial charge >= 0.3 is 11.9 Å². The fourth-order valence-electron chi connectivity index (χ4n) is 2.19. The number of amides is 3. The van der Waals surface area contributed by atoms with Crippen molar-refractivity contribution in [2.45, 2.75) is 50.4 Å². The maximum absolute atomic E-state index is 12.7. The molecule has 0 radical (unpaired) electrons. The molecule has 14 nitrogen and oxygen atoms in total. The lowest BCUT2D eigenvalue weighted by Crippen LogP contribution is -2.57. The van der Waals surface area contributed by atoms with Gasteiger partial charge in [-0.2, -0.15) is 12.6 Å². The summed E-state index contributed by atoms with van der Waals surface area (Å²) in [5.41, 5.74) is 15.9. The number of carboxylic acid groups (broad SMARTS) is 2. The lowest BCUT2D eigenvalue weighted by atomic mass is 10.1. The van der Waals surface area contributed by atoms with E-state index in [1.165, 1.54) is 6.92 Å². The van der Waals surface area contributed by atoms with Gasteiger partial charge in [-0.25, -0.2) is 4.79 Å². The predicted octanol–water partition coefficient (Wildman–Crippen LogP) is -3.67. The lowest BCUT2D eigenvalue weighted by molar-refractivity contribution is -0.143. The van der Waals surface area contributed by atoms with Gasteiger partial charge in [0.1, 0.15) is 18.1 Å². The molecule has 0 aliphatic heterocycles. The van der Waals surface area contributed by atoms with E-state index in [2.05, 4.69) is 33.6 Å². The molecule has 0 fully saturated rings. The maximum atomic E-state index is 12.7. The predicted molar refractivity (Wildman–Crippen MR) is 113 cm³/mol. The Morgan fingerprint density at radius 1 is 0.935 bits per heavy atom. The van der Waals surface area contributed by atoms with Crippen LogP contribution in [0.5, 0.6) is 0 Å².